The van der Waals surface area contributed by atoms with Gasteiger partial charge in [-0.1, -0.05) is 41.4 Å². The average Bonchev–Trinajstić information content (AvgIpc) is 2.75. The number of nitrogens with zero attached hydrogens (tertiary/aromatic N) is 3. The third-order valence-electron chi connectivity index (χ3n) is 5.65. The summed E-state index contributed by atoms with van der Waals surface area (Å²) < 4.78 is 0. The molecular weight excluding hydrogens is 417 g/mol. The van der Waals surface area contributed by atoms with E-state index >= 15 is 0 Å². The summed E-state index contributed by atoms with van der Waals surface area (Å²) in [6, 6.07) is 14.9. The minimum Gasteiger partial charge on any atom is -0.362 e. The number of benzene rings is 2. The van der Waals surface area contributed by atoms with Crippen molar-refractivity contribution in [1.29, 1.82) is 0 Å². The summed E-state index contributed by atoms with van der Waals surface area (Å²) in [7, 11) is 4.03. The summed E-state index contributed by atoms with van der Waals surface area (Å²) in [5.74, 6) is 1.66. The van der Waals surface area contributed by atoms with Gasteiger partial charge in [-0.25, -0.2) is 4.98 Å². The number of para-hydroxylation sites is 1. The minimum absolute atomic E-state index is 0.393. The van der Waals surface area contributed by atoms with Gasteiger partial charge in [-0.05, 0) is 55.5 Å². The van der Waals surface area contributed by atoms with Crippen molar-refractivity contribution in [3.63, 3.8) is 0 Å². The van der Waals surface area contributed by atoms with Crippen LogP contribution in [0, 0.1) is 0 Å². The van der Waals surface area contributed by atoms with Crippen LogP contribution < -0.4 is 15.5 Å². The molecule has 1 heterocycles. The normalized spacial score (nSPS) is 19.1. The number of nitrogens with one attached hydrogen (secondary N) is 2. The number of fused-ring (bicyclic) bond motifs is 1. The zero-order valence-electron chi connectivity index (χ0n) is 17.3. The van der Waals surface area contributed by atoms with Gasteiger partial charge in [0.05, 0.1) is 15.6 Å². The Kier molecular flexibility index (Phi) is 6.61. The maximum atomic E-state index is 6.12. The van der Waals surface area contributed by atoms with Crippen LogP contribution in [0.15, 0.2) is 42.5 Å². The van der Waals surface area contributed by atoms with Crippen molar-refractivity contribution in [3.05, 3.63) is 58.1 Å². The van der Waals surface area contributed by atoms with Gasteiger partial charge in [0.1, 0.15) is 5.82 Å². The molecule has 0 saturated heterocycles. The van der Waals surface area contributed by atoms with Gasteiger partial charge in [-0.2, -0.15) is 4.98 Å². The van der Waals surface area contributed by atoms with Crippen LogP contribution in [0.25, 0.3) is 10.9 Å². The lowest BCUT2D eigenvalue weighted by Crippen LogP contribution is -2.37. The van der Waals surface area contributed by atoms with E-state index in [-0.39, 0.29) is 0 Å². The van der Waals surface area contributed by atoms with Crippen LogP contribution >= 0.6 is 23.2 Å². The summed E-state index contributed by atoms with van der Waals surface area (Å²) in [6.45, 7) is 0.805. The Hall–Kier alpha value is -2.08. The smallest absolute Gasteiger partial charge is 0.225 e. The average molecular weight is 444 g/mol. The second-order valence-electron chi connectivity index (χ2n) is 8.10. The molecule has 0 amide bonds. The van der Waals surface area contributed by atoms with Crippen LogP contribution in [0.5, 0.6) is 0 Å². The SMILES string of the molecule is CN(C)c1nc(N[C@H]2CC[C@@H](NCc3ccc(Cl)c(Cl)c3)CC2)nc2ccccc12. The molecule has 3 aromatic rings. The second-order valence-corrected chi connectivity index (χ2v) is 8.92. The van der Waals surface area contributed by atoms with E-state index in [4.69, 9.17) is 33.2 Å². The molecule has 1 aliphatic carbocycles. The van der Waals surface area contributed by atoms with Gasteiger partial charge in [0.25, 0.3) is 0 Å². The summed E-state index contributed by atoms with van der Waals surface area (Å²) in [4.78, 5) is 11.5. The van der Waals surface area contributed by atoms with Crippen LogP contribution in [0.1, 0.15) is 31.2 Å². The monoisotopic (exact) mass is 443 g/mol. The van der Waals surface area contributed by atoms with E-state index in [1.807, 2.05) is 55.4 Å². The molecule has 1 fully saturated rings. The van der Waals surface area contributed by atoms with Crippen molar-refractivity contribution < 1.29 is 0 Å². The molecule has 0 radical (unpaired) electrons. The fraction of sp³-hybridized carbons (Fsp3) is 0.391. The molecule has 4 rings (SSSR count). The van der Waals surface area contributed by atoms with E-state index in [2.05, 4.69) is 16.7 Å². The molecule has 1 aromatic heterocycles. The first-order valence-electron chi connectivity index (χ1n) is 10.4. The van der Waals surface area contributed by atoms with Gasteiger partial charge >= 0.3 is 0 Å². The maximum absolute atomic E-state index is 6.12. The van der Waals surface area contributed by atoms with Crippen LogP contribution in [0.3, 0.4) is 0 Å². The highest BCUT2D eigenvalue weighted by atomic mass is 35.5. The second kappa shape index (κ2) is 9.38. The fourth-order valence-electron chi connectivity index (χ4n) is 4.00. The van der Waals surface area contributed by atoms with Crippen molar-refractivity contribution >= 4 is 45.9 Å². The van der Waals surface area contributed by atoms with Crippen LogP contribution in [-0.2, 0) is 6.54 Å². The summed E-state index contributed by atoms with van der Waals surface area (Å²) in [5.41, 5.74) is 2.13. The summed E-state index contributed by atoms with van der Waals surface area (Å²) in [6.07, 6.45) is 4.42. The number of anilines is 2. The molecule has 0 spiro atoms. The van der Waals surface area contributed by atoms with Gasteiger partial charge in [0.2, 0.25) is 5.95 Å². The predicted molar refractivity (Wildman–Crippen MR) is 127 cm³/mol. The van der Waals surface area contributed by atoms with Gasteiger partial charge in [0.15, 0.2) is 0 Å². The lowest BCUT2D eigenvalue weighted by atomic mass is 9.91. The zero-order valence-corrected chi connectivity index (χ0v) is 18.8. The fourth-order valence-corrected chi connectivity index (χ4v) is 4.32. The van der Waals surface area contributed by atoms with Gasteiger partial charge in [-0.3, -0.25) is 0 Å². The van der Waals surface area contributed by atoms with Crippen molar-refractivity contribution in [2.45, 2.75) is 44.3 Å². The predicted octanol–water partition coefficient (Wildman–Crippen LogP) is 5.52. The van der Waals surface area contributed by atoms with E-state index in [1.165, 1.54) is 0 Å². The van der Waals surface area contributed by atoms with Crippen LogP contribution in [0.4, 0.5) is 11.8 Å². The van der Waals surface area contributed by atoms with Gasteiger partial charge in [0, 0.05) is 38.1 Å². The van der Waals surface area contributed by atoms with Crippen molar-refractivity contribution in [2.24, 2.45) is 0 Å². The Morgan fingerprint density at radius 2 is 1.67 bits per heavy atom. The highest BCUT2D eigenvalue weighted by Gasteiger charge is 2.22. The quantitative estimate of drug-likeness (QED) is 0.525. The van der Waals surface area contributed by atoms with E-state index in [1.54, 1.807) is 0 Å². The Balaban J connectivity index is 1.34. The molecule has 5 nitrogen and oxygen atoms in total. The number of aromatic nitrogens is 2. The Morgan fingerprint density at radius 1 is 0.933 bits per heavy atom. The maximum Gasteiger partial charge on any atom is 0.225 e. The summed E-state index contributed by atoms with van der Waals surface area (Å²) in [5, 5.41) is 9.50. The van der Waals surface area contributed by atoms with Crippen molar-refractivity contribution in [2.75, 3.05) is 24.3 Å². The van der Waals surface area contributed by atoms with Crippen molar-refractivity contribution in [3.8, 4) is 0 Å². The van der Waals surface area contributed by atoms with Gasteiger partial charge < -0.3 is 15.5 Å². The topological polar surface area (TPSA) is 53.1 Å². The highest BCUT2D eigenvalue weighted by molar-refractivity contribution is 6.42. The number of hydrogen-bond acceptors (Lipinski definition) is 5. The third-order valence-corrected chi connectivity index (χ3v) is 6.39. The molecule has 30 heavy (non-hydrogen) atoms. The van der Waals surface area contributed by atoms with Crippen LogP contribution in [0.2, 0.25) is 10.0 Å². The molecule has 158 valence electrons. The molecule has 2 aromatic carbocycles. The zero-order chi connectivity index (χ0) is 21.1. The molecular formula is C23H27Cl2N5. The van der Waals surface area contributed by atoms with E-state index < -0.39 is 0 Å². The molecule has 0 aliphatic heterocycles. The lowest BCUT2D eigenvalue weighted by molar-refractivity contribution is 0.352. The standard InChI is InChI=1S/C23H27Cl2N5/c1-30(2)22-18-5-3-4-6-21(18)28-23(29-22)27-17-10-8-16(9-11-17)26-14-15-7-12-19(24)20(25)13-15/h3-7,12-13,16-17,26H,8-11,14H2,1-2H3,(H,27,28,29)/t16-,17+. The lowest BCUT2D eigenvalue weighted by Gasteiger charge is -2.30. The molecule has 0 atom stereocenters. The molecule has 0 unspecified atom stereocenters. The number of halogens is 2. The highest BCUT2D eigenvalue weighted by Crippen LogP contribution is 2.27. The molecule has 1 saturated carbocycles. The van der Waals surface area contributed by atoms with E-state index in [0.29, 0.717) is 28.1 Å². The number of hydrogen-bond donors (Lipinski definition) is 2. The van der Waals surface area contributed by atoms with Crippen molar-refractivity contribution in [1.82, 2.24) is 15.3 Å². The summed E-state index contributed by atoms with van der Waals surface area (Å²) >= 11 is 12.1. The Labute approximate surface area is 187 Å². The number of rotatable bonds is 6. The third kappa shape index (κ3) is 4.97. The van der Waals surface area contributed by atoms with E-state index in [9.17, 15) is 0 Å². The largest absolute Gasteiger partial charge is 0.362 e. The minimum atomic E-state index is 0.393. The van der Waals surface area contributed by atoms with Crippen LogP contribution in [-0.4, -0.2) is 36.1 Å². The Morgan fingerprint density at radius 3 is 2.40 bits per heavy atom. The molecule has 7 heteroatoms. The molecule has 2 N–H and O–H groups in total. The van der Waals surface area contributed by atoms with E-state index in [0.717, 1.165) is 54.5 Å². The molecule has 0 bridgehead atoms. The Bertz CT molecular complexity index is 1020. The van der Waals surface area contributed by atoms with Gasteiger partial charge in [-0.15, -0.1) is 0 Å². The first-order valence-corrected chi connectivity index (χ1v) is 11.1. The first-order chi connectivity index (χ1) is 14.5. The molecule has 1 aliphatic rings. The first kappa shape index (κ1) is 21.2.